The van der Waals surface area contributed by atoms with Gasteiger partial charge in [-0.05, 0) is 25.0 Å². The third kappa shape index (κ3) is 5.67. The van der Waals surface area contributed by atoms with Crippen LogP contribution in [0.3, 0.4) is 0 Å². The van der Waals surface area contributed by atoms with Crippen LogP contribution in [-0.4, -0.2) is 0 Å². The third-order valence-electron chi connectivity index (χ3n) is 1.26. The zero-order valence-corrected chi connectivity index (χ0v) is 11.0. The van der Waals surface area contributed by atoms with Gasteiger partial charge in [0.15, 0.2) is 0 Å². The van der Waals surface area contributed by atoms with E-state index in [-0.39, 0.29) is 0 Å². The monoisotopic (exact) mass is 239 g/mol. The SMILES string of the molecule is [CH2]c1ccccc1C.[Cl][Zn][Cl]. The molecule has 1 aromatic rings. The van der Waals surface area contributed by atoms with Crippen molar-refractivity contribution < 1.29 is 15.1 Å². The Labute approximate surface area is 83.6 Å². The predicted molar refractivity (Wildman–Crippen MR) is 47.3 cm³/mol. The molecule has 0 aliphatic rings. The zero-order chi connectivity index (χ0) is 8.69. The average molecular weight is 241 g/mol. The summed E-state index contributed by atoms with van der Waals surface area (Å²) >= 11 is -0.931. The predicted octanol–water partition coefficient (Wildman–Crippen LogP) is 3.55. The first-order chi connectivity index (χ1) is 5.22. The summed E-state index contributed by atoms with van der Waals surface area (Å²) in [5.74, 6) is 0. The van der Waals surface area contributed by atoms with E-state index in [0.29, 0.717) is 0 Å². The van der Waals surface area contributed by atoms with Crippen molar-refractivity contribution in [3.63, 3.8) is 0 Å². The van der Waals surface area contributed by atoms with Crippen LogP contribution in [0.1, 0.15) is 11.1 Å². The first kappa shape index (κ1) is 11.4. The van der Waals surface area contributed by atoms with Crippen molar-refractivity contribution in [3.8, 4) is 0 Å². The number of rotatable bonds is 0. The summed E-state index contributed by atoms with van der Waals surface area (Å²) in [7, 11) is 9.90. The van der Waals surface area contributed by atoms with Crippen LogP contribution >= 0.6 is 19.4 Å². The topological polar surface area (TPSA) is 0 Å². The fraction of sp³-hybridized carbons (Fsp3) is 0.125. The molecule has 0 aliphatic heterocycles. The number of hydrogen-bond acceptors (Lipinski definition) is 0. The molecule has 1 radical (unpaired) electrons. The van der Waals surface area contributed by atoms with Crippen LogP contribution < -0.4 is 0 Å². The maximum atomic E-state index is 4.95. The Kier molecular flexibility index (Phi) is 7.37. The summed E-state index contributed by atoms with van der Waals surface area (Å²) in [4.78, 5) is 0. The van der Waals surface area contributed by atoms with E-state index in [1.807, 2.05) is 18.2 Å². The average Bonchev–Trinajstić information content (AvgIpc) is 1.97. The molecule has 0 spiro atoms. The van der Waals surface area contributed by atoms with E-state index in [1.54, 1.807) is 0 Å². The van der Waals surface area contributed by atoms with E-state index < -0.39 is 15.1 Å². The van der Waals surface area contributed by atoms with Crippen LogP contribution in [0.5, 0.6) is 0 Å². The van der Waals surface area contributed by atoms with Crippen molar-refractivity contribution in [2.45, 2.75) is 6.92 Å². The summed E-state index contributed by atoms with van der Waals surface area (Å²) < 4.78 is 0. The minimum absolute atomic E-state index is 0.931. The Morgan fingerprint density at radius 3 is 2.00 bits per heavy atom. The van der Waals surface area contributed by atoms with Crippen molar-refractivity contribution in [2.75, 3.05) is 0 Å². The van der Waals surface area contributed by atoms with Crippen molar-refractivity contribution in [1.82, 2.24) is 0 Å². The van der Waals surface area contributed by atoms with Gasteiger partial charge < -0.3 is 0 Å². The van der Waals surface area contributed by atoms with E-state index in [0.717, 1.165) is 5.56 Å². The number of hydrogen-bond donors (Lipinski definition) is 0. The van der Waals surface area contributed by atoms with Gasteiger partial charge in [-0.1, -0.05) is 24.3 Å². The van der Waals surface area contributed by atoms with Gasteiger partial charge in [-0.2, -0.15) is 0 Å². The molecule has 0 bridgehead atoms. The fourth-order valence-electron chi connectivity index (χ4n) is 0.610. The van der Waals surface area contributed by atoms with Crippen molar-refractivity contribution in [1.29, 1.82) is 0 Å². The van der Waals surface area contributed by atoms with Crippen molar-refractivity contribution in [3.05, 3.63) is 42.3 Å². The van der Waals surface area contributed by atoms with Gasteiger partial charge in [-0.3, -0.25) is 0 Å². The molecule has 1 aromatic carbocycles. The second kappa shape index (κ2) is 7.09. The maximum absolute atomic E-state index is 4.95. The van der Waals surface area contributed by atoms with Gasteiger partial charge in [0.25, 0.3) is 0 Å². The Morgan fingerprint density at radius 2 is 1.73 bits per heavy atom. The van der Waals surface area contributed by atoms with E-state index in [1.165, 1.54) is 5.56 Å². The summed E-state index contributed by atoms with van der Waals surface area (Å²) in [6.45, 7) is 5.88. The Bertz CT molecular complexity index is 180. The van der Waals surface area contributed by atoms with Crippen LogP contribution in [0, 0.1) is 13.8 Å². The second-order valence-corrected chi connectivity index (χ2v) is 6.65. The minimum atomic E-state index is -0.931. The van der Waals surface area contributed by atoms with Gasteiger partial charge in [-0.15, -0.1) is 0 Å². The quantitative estimate of drug-likeness (QED) is 0.609. The van der Waals surface area contributed by atoms with Gasteiger partial charge in [-0.25, -0.2) is 0 Å². The molecule has 3 heteroatoms. The molecular weight excluding hydrogens is 232 g/mol. The fourth-order valence-corrected chi connectivity index (χ4v) is 0.610. The van der Waals surface area contributed by atoms with E-state index in [2.05, 4.69) is 19.9 Å². The van der Waals surface area contributed by atoms with Gasteiger partial charge in [0.05, 0.1) is 0 Å². The molecule has 11 heavy (non-hydrogen) atoms. The Hall–Kier alpha value is 0.423. The number of benzene rings is 1. The standard InChI is InChI=1S/C8H9.2ClH.Zn/c1-7-5-3-4-6-8(7)2;;;/h3-6H,1H2,2H3;2*1H;/q;;;+2/p-2. The van der Waals surface area contributed by atoms with Crippen LogP contribution in [-0.2, 0) is 15.1 Å². The summed E-state index contributed by atoms with van der Waals surface area (Å²) in [6.07, 6.45) is 0. The first-order valence-electron chi connectivity index (χ1n) is 3.22. The van der Waals surface area contributed by atoms with Gasteiger partial charge >= 0.3 is 34.5 Å². The van der Waals surface area contributed by atoms with Crippen LogP contribution in [0.15, 0.2) is 24.3 Å². The summed E-state index contributed by atoms with van der Waals surface area (Å²) in [5, 5.41) is 0. The molecule has 0 saturated heterocycles. The van der Waals surface area contributed by atoms with Crippen molar-refractivity contribution in [2.24, 2.45) is 0 Å². The van der Waals surface area contributed by atoms with Crippen LogP contribution in [0.25, 0.3) is 0 Å². The first-order valence-corrected chi connectivity index (χ1v) is 11.0. The molecule has 0 saturated carbocycles. The molecule has 0 amide bonds. The summed E-state index contributed by atoms with van der Waals surface area (Å²) in [6, 6.07) is 8.08. The molecule has 0 nitrogen and oxygen atoms in total. The Balaban J connectivity index is 0.000000292. The molecule has 57 valence electrons. The van der Waals surface area contributed by atoms with Gasteiger partial charge in [0.1, 0.15) is 0 Å². The van der Waals surface area contributed by atoms with E-state index in [9.17, 15) is 0 Å². The molecule has 0 unspecified atom stereocenters. The van der Waals surface area contributed by atoms with Crippen LogP contribution in [0.4, 0.5) is 0 Å². The van der Waals surface area contributed by atoms with Crippen LogP contribution in [0.2, 0.25) is 0 Å². The molecule has 0 aliphatic carbocycles. The molecule has 0 heterocycles. The Morgan fingerprint density at radius 1 is 1.27 bits per heavy atom. The number of halogens is 2. The molecule has 1 rings (SSSR count). The summed E-state index contributed by atoms with van der Waals surface area (Å²) in [5.41, 5.74) is 2.38. The third-order valence-corrected chi connectivity index (χ3v) is 1.26. The molecular formula is C8H9Cl2Zn. The number of aryl methyl sites for hydroxylation is 1. The normalized spacial score (nSPS) is 7.64. The molecule has 0 aromatic heterocycles. The molecule has 0 atom stereocenters. The van der Waals surface area contributed by atoms with Gasteiger partial charge in [0, 0.05) is 0 Å². The second-order valence-electron chi connectivity index (χ2n) is 2.03. The van der Waals surface area contributed by atoms with Crippen molar-refractivity contribution >= 4 is 19.4 Å². The van der Waals surface area contributed by atoms with E-state index >= 15 is 0 Å². The zero-order valence-electron chi connectivity index (χ0n) is 6.48. The van der Waals surface area contributed by atoms with E-state index in [4.69, 9.17) is 19.4 Å². The molecule has 0 N–H and O–H groups in total. The van der Waals surface area contributed by atoms with Gasteiger partial charge in [0.2, 0.25) is 0 Å². The molecule has 0 fully saturated rings.